The van der Waals surface area contributed by atoms with Crippen LogP contribution >= 0.6 is 23.4 Å². The van der Waals surface area contributed by atoms with E-state index in [1.807, 2.05) is 25.7 Å². The molecular weight excluding hydrogens is 471 g/mol. The molecule has 2 aliphatic rings. The fraction of sp³-hybridized carbons (Fsp3) is 0.619. The third-order valence-corrected chi connectivity index (χ3v) is 6.80. The van der Waals surface area contributed by atoms with Gasteiger partial charge in [0.15, 0.2) is 16.1 Å². The van der Waals surface area contributed by atoms with Gasteiger partial charge in [-0.25, -0.2) is 19.2 Å². The van der Waals surface area contributed by atoms with Gasteiger partial charge in [0.05, 0.1) is 6.04 Å². The highest BCUT2D eigenvalue weighted by atomic mass is 35.5. The first-order valence-electron chi connectivity index (χ1n) is 10.8. The van der Waals surface area contributed by atoms with Crippen molar-refractivity contribution in [1.29, 1.82) is 0 Å². The summed E-state index contributed by atoms with van der Waals surface area (Å²) in [6.07, 6.45) is 3.15. The number of pyridine rings is 1. The molecule has 2 bridgehead atoms. The maximum absolute atomic E-state index is 14.7. The topological polar surface area (TPSA) is 103 Å². The summed E-state index contributed by atoms with van der Waals surface area (Å²) in [4.78, 5) is 40.3. The highest BCUT2D eigenvalue weighted by molar-refractivity contribution is 7.98. The van der Waals surface area contributed by atoms with Gasteiger partial charge in [-0.1, -0.05) is 23.4 Å². The zero-order valence-electron chi connectivity index (χ0n) is 19.2. The fourth-order valence-electron chi connectivity index (χ4n) is 4.59. The van der Waals surface area contributed by atoms with E-state index >= 15 is 0 Å². The van der Waals surface area contributed by atoms with E-state index in [9.17, 15) is 14.0 Å². The minimum atomic E-state index is -0.823. The zero-order chi connectivity index (χ0) is 24.1. The summed E-state index contributed by atoms with van der Waals surface area (Å²) in [6.45, 7) is 6.62. The summed E-state index contributed by atoms with van der Waals surface area (Å²) in [6, 6.07) is -0.0789. The normalized spacial score (nSPS) is 22.6. The average Bonchev–Trinajstić information content (AvgIpc) is 3.06. The Morgan fingerprint density at radius 3 is 2.76 bits per heavy atom. The van der Waals surface area contributed by atoms with E-state index in [0.29, 0.717) is 18.2 Å². The summed E-state index contributed by atoms with van der Waals surface area (Å²) in [7, 11) is 1.76. The molecule has 180 valence electrons. The van der Waals surface area contributed by atoms with Crippen molar-refractivity contribution in [3.05, 3.63) is 21.3 Å². The van der Waals surface area contributed by atoms with Gasteiger partial charge in [-0.3, -0.25) is 9.69 Å². The Labute approximate surface area is 200 Å². The first-order chi connectivity index (χ1) is 15.5. The highest BCUT2D eigenvalue weighted by Crippen LogP contribution is 2.33. The van der Waals surface area contributed by atoms with Crippen molar-refractivity contribution in [3.8, 4) is 0 Å². The van der Waals surface area contributed by atoms with Gasteiger partial charge in [-0.05, 0) is 39.9 Å². The fourth-order valence-corrected chi connectivity index (χ4v) is 5.13. The van der Waals surface area contributed by atoms with Crippen LogP contribution < -0.4 is 15.8 Å². The Kier molecular flexibility index (Phi) is 6.49. The van der Waals surface area contributed by atoms with Crippen LogP contribution in [0.25, 0.3) is 10.9 Å². The molecule has 2 N–H and O–H groups in total. The number of rotatable bonds is 4. The molecule has 2 aromatic rings. The molecule has 0 saturated carbocycles. The van der Waals surface area contributed by atoms with Gasteiger partial charge in [0.1, 0.15) is 22.3 Å². The number of ether oxygens (including phenoxy) is 1. The van der Waals surface area contributed by atoms with E-state index in [4.69, 9.17) is 16.3 Å². The Bertz CT molecular complexity index is 1140. The SMILES string of the molecule is CSc1nc2c(F)c(Cl)nc(N(C)C[C@H]3NC[C@H]4CC[C@@H]3N4C(=O)OC(C)(C)C)c2c(=O)[nH]1. The maximum Gasteiger partial charge on any atom is 0.410 e. The number of fused-ring (bicyclic) bond motifs is 3. The third kappa shape index (κ3) is 4.63. The molecular formula is C21H28ClFN6O3S. The number of amides is 1. The molecule has 0 spiro atoms. The second-order valence-corrected chi connectivity index (χ2v) is 10.6. The number of likely N-dealkylation sites (N-methyl/N-ethyl adjacent to an activating group) is 1. The molecule has 0 aromatic carbocycles. The Morgan fingerprint density at radius 1 is 1.36 bits per heavy atom. The molecule has 9 nitrogen and oxygen atoms in total. The molecule has 3 atom stereocenters. The van der Waals surface area contributed by atoms with Gasteiger partial charge in [0, 0.05) is 32.2 Å². The van der Waals surface area contributed by atoms with E-state index in [1.54, 1.807) is 18.2 Å². The van der Waals surface area contributed by atoms with Crippen molar-refractivity contribution >= 4 is 46.2 Å². The standard InChI is InChI=1S/C21H28ClFN6O3S/c1-21(2,3)32-20(31)29-10-6-7-12(29)11(24-8-10)9-28(4)17-13-15(14(23)16(22)26-17)25-19(33-5)27-18(13)30/h10-12,24H,6-9H2,1-5H3,(H,25,27,30)/t10-,11-,12+/m1/s1. The minimum Gasteiger partial charge on any atom is -0.444 e. The van der Waals surface area contributed by atoms with Crippen LogP contribution in [0.15, 0.2) is 9.95 Å². The lowest BCUT2D eigenvalue weighted by Crippen LogP contribution is -2.62. The number of piperazine rings is 1. The summed E-state index contributed by atoms with van der Waals surface area (Å²) in [5.41, 5.74) is -1.18. The van der Waals surface area contributed by atoms with Crippen LogP contribution in [-0.4, -0.2) is 76.1 Å². The van der Waals surface area contributed by atoms with Gasteiger partial charge < -0.3 is 19.9 Å². The number of carbonyl (C=O) groups is 1. The maximum atomic E-state index is 14.7. The molecule has 2 aromatic heterocycles. The highest BCUT2D eigenvalue weighted by Gasteiger charge is 2.46. The first kappa shape index (κ1) is 24.0. The second kappa shape index (κ2) is 8.92. The van der Waals surface area contributed by atoms with Gasteiger partial charge in [0.25, 0.3) is 5.56 Å². The zero-order valence-corrected chi connectivity index (χ0v) is 20.8. The van der Waals surface area contributed by atoms with Crippen molar-refractivity contribution < 1.29 is 13.9 Å². The third-order valence-electron chi connectivity index (χ3n) is 5.97. The number of anilines is 1. The van der Waals surface area contributed by atoms with Crippen LogP contribution in [0.1, 0.15) is 33.6 Å². The predicted molar refractivity (Wildman–Crippen MR) is 127 cm³/mol. The molecule has 1 amide bonds. The van der Waals surface area contributed by atoms with E-state index in [1.165, 1.54) is 11.8 Å². The lowest BCUT2D eigenvalue weighted by Gasteiger charge is -2.42. The number of H-pyrrole nitrogens is 1. The van der Waals surface area contributed by atoms with Crippen molar-refractivity contribution in [2.24, 2.45) is 0 Å². The monoisotopic (exact) mass is 498 g/mol. The number of halogens is 2. The lowest BCUT2D eigenvalue weighted by molar-refractivity contribution is 0.00467. The molecule has 2 saturated heterocycles. The van der Waals surface area contributed by atoms with Gasteiger partial charge in [-0.15, -0.1) is 0 Å². The number of nitrogens with one attached hydrogen (secondary N) is 2. The van der Waals surface area contributed by atoms with Crippen LogP contribution in [-0.2, 0) is 4.74 Å². The Morgan fingerprint density at radius 2 is 2.09 bits per heavy atom. The molecule has 0 unspecified atom stereocenters. The van der Waals surface area contributed by atoms with E-state index in [0.717, 1.165) is 12.8 Å². The summed E-state index contributed by atoms with van der Waals surface area (Å²) < 4.78 is 20.3. The first-order valence-corrected chi connectivity index (χ1v) is 12.4. The number of nitrogens with zero attached hydrogens (tertiary/aromatic N) is 4. The van der Waals surface area contributed by atoms with Crippen LogP contribution in [0, 0.1) is 5.82 Å². The number of thioether (sulfide) groups is 1. The predicted octanol–water partition coefficient (Wildman–Crippen LogP) is 3.01. The minimum absolute atomic E-state index is 0.0429. The molecule has 0 radical (unpaired) electrons. The van der Waals surface area contributed by atoms with E-state index < -0.39 is 17.0 Å². The second-order valence-electron chi connectivity index (χ2n) is 9.42. The van der Waals surface area contributed by atoms with Gasteiger partial charge in [-0.2, -0.15) is 0 Å². The van der Waals surface area contributed by atoms with E-state index in [-0.39, 0.29) is 46.1 Å². The van der Waals surface area contributed by atoms with Crippen LogP contribution in [0.4, 0.5) is 15.0 Å². The quantitative estimate of drug-likeness (QED) is 0.376. The van der Waals surface area contributed by atoms with Crippen molar-refractivity contribution in [2.75, 3.05) is 31.3 Å². The summed E-state index contributed by atoms with van der Waals surface area (Å²) in [5, 5.41) is 3.50. The van der Waals surface area contributed by atoms with E-state index in [2.05, 4.69) is 20.3 Å². The van der Waals surface area contributed by atoms with Crippen molar-refractivity contribution in [1.82, 2.24) is 25.2 Å². The molecule has 2 fully saturated rings. The number of aromatic amines is 1. The molecule has 12 heteroatoms. The van der Waals surface area contributed by atoms with Gasteiger partial charge in [0.2, 0.25) is 0 Å². The van der Waals surface area contributed by atoms with Gasteiger partial charge >= 0.3 is 6.09 Å². The molecule has 4 rings (SSSR count). The smallest absolute Gasteiger partial charge is 0.410 e. The molecule has 4 heterocycles. The molecule has 2 aliphatic heterocycles. The van der Waals surface area contributed by atoms with Crippen molar-refractivity contribution in [2.45, 2.75) is 62.5 Å². The lowest BCUT2D eigenvalue weighted by atomic mass is 10.0. The number of aromatic nitrogens is 3. The molecule has 0 aliphatic carbocycles. The van der Waals surface area contributed by atoms with Crippen molar-refractivity contribution in [3.63, 3.8) is 0 Å². The van der Waals surface area contributed by atoms with Crippen LogP contribution in [0.2, 0.25) is 5.15 Å². The van der Waals surface area contributed by atoms with Crippen LogP contribution in [0.3, 0.4) is 0 Å². The number of hydrogen-bond acceptors (Lipinski definition) is 8. The average molecular weight is 499 g/mol. The Balaban J connectivity index is 1.63. The number of hydrogen-bond donors (Lipinski definition) is 2. The molecule has 33 heavy (non-hydrogen) atoms. The number of carbonyl (C=O) groups excluding carboxylic acids is 1. The Hall–Kier alpha value is -2.11. The largest absolute Gasteiger partial charge is 0.444 e. The summed E-state index contributed by atoms with van der Waals surface area (Å²) >= 11 is 7.26. The summed E-state index contributed by atoms with van der Waals surface area (Å²) in [5.74, 6) is -0.584. The van der Waals surface area contributed by atoms with Crippen LogP contribution in [0.5, 0.6) is 0 Å².